The fourth-order valence-electron chi connectivity index (χ4n) is 4.66. The highest BCUT2D eigenvalue weighted by atomic mass is 35.5. The Morgan fingerprint density at radius 3 is 2.73 bits per heavy atom. The second-order valence-electron chi connectivity index (χ2n) is 10.5. The zero-order valence-corrected chi connectivity index (χ0v) is 24.0. The molecule has 1 amide bonds. The van der Waals surface area contributed by atoms with E-state index < -0.39 is 17.0 Å². The number of anilines is 2. The van der Waals surface area contributed by atoms with Gasteiger partial charge in [-0.1, -0.05) is 24.6 Å². The monoisotopic (exact) mass is 587 g/mol. The lowest BCUT2D eigenvalue weighted by Gasteiger charge is -2.37. The molecular weight excluding hydrogens is 554 g/mol. The van der Waals surface area contributed by atoms with E-state index >= 15 is 0 Å². The van der Waals surface area contributed by atoms with Crippen LogP contribution in [0.4, 0.5) is 11.4 Å². The summed E-state index contributed by atoms with van der Waals surface area (Å²) >= 11 is 3.97. The molecule has 2 fully saturated rings. The standard InChI is InChI=1S/C28H34ClN5O5S/c1-17(35)21-12-22(18(10-23(21)31)15-40(37)38)24-14-34(9-8-32-24)25(13-30)26(39-16-28(2)6-7-28)27(36)33-20-5-3-4-19(29)11-20/h3-5,10-13,24,30,32H,6-9,14-16,31H2,1-2H3,(H,33,36)(H,37,38)/b26-25-,30-13?. The molecule has 0 bridgehead atoms. The third kappa shape index (κ3) is 7.28. The van der Waals surface area contributed by atoms with Gasteiger partial charge in [-0.2, -0.15) is 0 Å². The lowest BCUT2D eigenvalue weighted by molar-refractivity contribution is -0.116. The maximum Gasteiger partial charge on any atom is 0.293 e. The molecule has 10 nitrogen and oxygen atoms in total. The van der Waals surface area contributed by atoms with Gasteiger partial charge in [-0.05, 0) is 61.2 Å². The minimum Gasteiger partial charge on any atom is -0.486 e. The number of allylic oxidation sites excluding steroid dienone is 1. The van der Waals surface area contributed by atoms with E-state index in [4.69, 9.17) is 27.5 Å². The number of ether oxygens (including phenoxy) is 1. The number of carbonyl (C=O) groups is 2. The summed E-state index contributed by atoms with van der Waals surface area (Å²) in [5.41, 5.74) is 8.64. The molecule has 2 unspecified atom stereocenters. The highest BCUT2D eigenvalue weighted by Gasteiger charge is 2.39. The van der Waals surface area contributed by atoms with Crippen LogP contribution in [0.2, 0.25) is 5.02 Å². The van der Waals surface area contributed by atoms with Gasteiger partial charge in [0.2, 0.25) is 5.76 Å². The van der Waals surface area contributed by atoms with Crippen LogP contribution in [0.5, 0.6) is 0 Å². The van der Waals surface area contributed by atoms with Gasteiger partial charge in [-0.25, -0.2) is 4.21 Å². The van der Waals surface area contributed by atoms with E-state index in [2.05, 4.69) is 17.6 Å². The molecule has 0 spiro atoms. The van der Waals surface area contributed by atoms with Gasteiger partial charge in [0.25, 0.3) is 5.91 Å². The second kappa shape index (κ2) is 12.5. The predicted molar refractivity (Wildman–Crippen MR) is 157 cm³/mol. The Kier molecular flexibility index (Phi) is 9.29. The number of nitrogens with two attached hydrogens (primary N) is 1. The summed E-state index contributed by atoms with van der Waals surface area (Å²) in [6.45, 7) is 5.12. The van der Waals surface area contributed by atoms with Crippen molar-refractivity contribution in [1.82, 2.24) is 10.2 Å². The number of hydrogen-bond donors (Lipinski definition) is 5. The molecule has 2 atom stereocenters. The molecule has 1 saturated carbocycles. The molecule has 1 aliphatic heterocycles. The van der Waals surface area contributed by atoms with Crippen molar-refractivity contribution in [2.75, 3.05) is 37.3 Å². The zero-order valence-electron chi connectivity index (χ0n) is 22.5. The van der Waals surface area contributed by atoms with Crippen LogP contribution in [0.15, 0.2) is 47.9 Å². The van der Waals surface area contributed by atoms with Crippen molar-refractivity contribution in [3.8, 4) is 0 Å². The van der Waals surface area contributed by atoms with Crippen LogP contribution in [0.25, 0.3) is 0 Å². The first-order chi connectivity index (χ1) is 19.0. The molecule has 40 heavy (non-hydrogen) atoms. The average Bonchev–Trinajstić information content (AvgIpc) is 3.63. The smallest absolute Gasteiger partial charge is 0.293 e. The maximum absolute atomic E-state index is 13.5. The largest absolute Gasteiger partial charge is 0.486 e. The number of benzene rings is 2. The van der Waals surface area contributed by atoms with E-state index in [1.807, 2.05) is 4.90 Å². The summed E-state index contributed by atoms with van der Waals surface area (Å²) in [6, 6.07) is 9.63. The fourth-order valence-corrected chi connectivity index (χ4v) is 5.37. The van der Waals surface area contributed by atoms with E-state index in [1.165, 1.54) is 6.92 Å². The van der Waals surface area contributed by atoms with Crippen molar-refractivity contribution in [3.05, 3.63) is 69.6 Å². The molecule has 1 saturated heterocycles. The highest BCUT2D eigenvalue weighted by Crippen LogP contribution is 2.45. The summed E-state index contributed by atoms with van der Waals surface area (Å²) in [4.78, 5) is 27.6. The number of piperazine rings is 1. The van der Waals surface area contributed by atoms with Gasteiger partial charge in [0.05, 0.1) is 18.4 Å². The van der Waals surface area contributed by atoms with E-state index in [0.29, 0.717) is 59.3 Å². The molecule has 2 aliphatic rings. The number of amides is 1. The molecular formula is C28H34ClN5O5S. The van der Waals surface area contributed by atoms with Gasteiger partial charge in [0, 0.05) is 53.2 Å². The van der Waals surface area contributed by atoms with Crippen molar-refractivity contribution in [2.45, 2.75) is 38.5 Å². The van der Waals surface area contributed by atoms with Crippen molar-refractivity contribution < 1.29 is 23.1 Å². The quantitative estimate of drug-likeness (QED) is 0.0656. The van der Waals surface area contributed by atoms with Crippen LogP contribution in [0, 0.1) is 10.8 Å². The molecule has 4 rings (SSSR count). The third-order valence-electron chi connectivity index (χ3n) is 7.19. The molecule has 2 aromatic carbocycles. The van der Waals surface area contributed by atoms with Crippen molar-refractivity contribution >= 4 is 52.0 Å². The van der Waals surface area contributed by atoms with E-state index in [-0.39, 0.29) is 34.4 Å². The van der Waals surface area contributed by atoms with Gasteiger partial charge < -0.3 is 36.0 Å². The Morgan fingerprint density at radius 1 is 1.35 bits per heavy atom. The van der Waals surface area contributed by atoms with E-state index in [9.17, 15) is 18.4 Å². The Labute approximate surface area is 241 Å². The average molecular weight is 588 g/mol. The molecule has 6 N–H and O–H groups in total. The molecule has 0 aromatic heterocycles. The number of halogens is 1. The number of nitrogens with zero attached hydrogens (tertiary/aromatic N) is 1. The summed E-state index contributed by atoms with van der Waals surface area (Å²) in [5, 5.41) is 14.9. The van der Waals surface area contributed by atoms with Crippen molar-refractivity contribution in [1.29, 1.82) is 5.41 Å². The van der Waals surface area contributed by atoms with Crippen LogP contribution in [0.3, 0.4) is 0 Å². The first-order valence-electron chi connectivity index (χ1n) is 12.9. The second-order valence-corrected chi connectivity index (χ2v) is 11.9. The van der Waals surface area contributed by atoms with Gasteiger partial charge in [0.15, 0.2) is 16.9 Å². The van der Waals surface area contributed by atoms with Crippen molar-refractivity contribution in [2.24, 2.45) is 5.41 Å². The molecule has 1 heterocycles. The summed E-state index contributed by atoms with van der Waals surface area (Å²) in [5.74, 6) is -0.840. The minimum atomic E-state index is -2.13. The molecule has 0 radical (unpaired) electrons. The maximum atomic E-state index is 13.5. The number of ketones is 1. The Morgan fingerprint density at radius 2 is 2.10 bits per heavy atom. The van der Waals surface area contributed by atoms with Gasteiger partial charge >= 0.3 is 0 Å². The van der Waals surface area contributed by atoms with Crippen LogP contribution < -0.4 is 16.4 Å². The third-order valence-corrected chi connectivity index (χ3v) is 7.98. The topological polar surface area (TPSA) is 158 Å². The van der Waals surface area contributed by atoms with Gasteiger partial charge in [-0.3, -0.25) is 9.59 Å². The highest BCUT2D eigenvalue weighted by molar-refractivity contribution is 7.78. The SMILES string of the molecule is CC(=O)c1cc(C2CN(/C(C=N)=C(\OCC3(C)CC3)C(=O)Nc3cccc(Cl)c3)CCN2)c(CS(=O)O)cc1N. The van der Waals surface area contributed by atoms with Crippen LogP contribution >= 0.6 is 11.6 Å². The molecule has 12 heteroatoms. The normalized spacial score (nSPS) is 19.3. The van der Waals surface area contributed by atoms with Crippen LogP contribution in [-0.4, -0.2) is 57.8 Å². The van der Waals surface area contributed by atoms with Crippen molar-refractivity contribution in [3.63, 3.8) is 0 Å². The zero-order chi connectivity index (χ0) is 29.0. The van der Waals surface area contributed by atoms with Crippen LogP contribution in [-0.2, 0) is 26.4 Å². The number of rotatable bonds is 11. The number of nitrogens with one attached hydrogen (secondary N) is 3. The number of carbonyl (C=O) groups excluding carboxylic acids is 2. The summed E-state index contributed by atoms with van der Waals surface area (Å²) in [7, 11) is 0. The van der Waals surface area contributed by atoms with Gasteiger partial charge in [-0.15, -0.1) is 0 Å². The number of Topliss-reactive ketones (excluding diaryl/α,β-unsaturated/α-hetero) is 1. The Balaban J connectivity index is 1.68. The van der Waals surface area contributed by atoms with E-state index in [0.717, 1.165) is 19.1 Å². The summed E-state index contributed by atoms with van der Waals surface area (Å²) in [6.07, 6.45) is 3.10. The number of hydrogen-bond acceptors (Lipinski definition) is 8. The summed E-state index contributed by atoms with van der Waals surface area (Å²) < 4.78 is 27.4. The van der Waals surface area contributed by atoms with E-state index in [1.54, 1.807) is 36.4 Å². The minimum absolute atomic E-state index is 0.0113. The first-order valence-corrected chi connectivity index (χ1v) is 14.6. The van der Waals surface area contributed by atoms with Gasteiger partial charge in [0.1, 0.15) is 5.70 Å². The first kappa shape index (κ1) is 29.7. The Bertz CT molecular complexity index is 1380. The molecule has 2 aromatic rings. The lowest BCUT2D eigenvalue weighted by Crippen LogP contribution is -2.46. The Hall–Kier alpha value is -3.25. The van der Waals surface area contributed by atoms with Crippen LogP contribution in [0.1, 0.15) is 54.2 Å². The fraction of sp³-hybridized carbons (Fsp3) is 0.393. The lowest BCUT2D eigenvalue weighted by atomic mass is 9.94. The molecule has 214 valence electrons. The predicted octanol–water partition coefficient (Wildman–Crippen LogP) is 4.11. The number of nitrogen functional groups attached to an aromatic ring is 1. The molecule has 1 aliphatic carbocycles.